The molecule has 1 aromatic heterocycles. The number of amides is 1. The van der Waals surface area contributed by atoms with Crippen molar-refractivity contribution in [3.05, 3.63) is 48.8 Å². The Hall–Kier alpha value is -3.35. The highest BCUT2D eigenvalue weighted by atomic mass is 16.5. The van der Waals surface area contributed by atoms with Crippen LogP contribution in [0.25, 0.3) is 10.9 Å². The van der Waals surface area contributed by atoms with Gasteiger partial charge in [0.25, 0.3) is 0 Å². The fraction of sp³-hybridized carbons (Fsp3) is 0.211. The van der Waals surface area contributed by atoms with E-state index >= 15 is 0 Å². The number of carbonyl (C=O) groups is 1. The lowest BCUT2D eigenvalue weighted by Gasteiger charge is -2.19. The van der Waals surface area contributed by atoms with Gasteiger partial charge in [-0.25, -0.2) is 9.97 Å². The van der Waals surface area contributed by atoms with Crippen molar-refractivity contribution in [2.75, 3.05) is 38.0 Å². The van der Waals surface area contributed by atoms with Crippen LogP contribution in [0, 0.1) is 0 Å². The zero-order valence-electron chi connectivity index (χ0n) is 14.9. The summed E-state index contributed by atoms with van der Waals surface area (Å²) in [5.74, 6) is 1.74. The third-order valence-corrected chi connectivity index (χ3v) is 3.90. The first-order valence-corrected chi connectivity index (χ1v) is 8.04. The summed E-state index contributed by atoms with van der Waals surface area (Å²) in [5.41, 5.74) is 1.44. The molecule has 0 atom stereocenters. The van der Waals surface area contributed by atoms with E-state index in [1.807, 2.05) is 31.3 Å². The van der Waals surface area contributed by atoms with Crippen molar-refractivity contribution in [1.29, 1.82) is 0 Å². The van der Waals surface area contributed by atoms with E-state index in [0.29, 0.717) is 23.0 Å². The molecule has 0 saturated heterocycles. The molecule has 0 saturated carbocycles. The summed E-state index contributed by atoms with van der Waals surface area (Å²) in [7, 11) is 4.95. The van der Waals surface area contributed by atoms with Gasteiger partial charge in [0.05, 0.1) is 26.3 Å². The third-order valence-electron chi connectivity index (χ3n) is 3.90. The fourth-order valence-corrected chi connectivity index (χ4v) is 2.67. The molecule has 1 amide bonds. The summed E-state index contributed by atoms with van der Waals surface area (Å²) >= 11 is 0. The van der Waals surface area contributed by atoms with E-state index in [0.717, 1.165) is 10.9 Å². The number of ether oxygens (including phenoxy) is 2. The van der Waals surface area contributed by atoms with Crippen molar-refractivity contribution in [2.45, 2.75) is 0 Å². The lowest BCUT2D eigenvalue weighted by Crippen LogP contribution is -2.30. The van der Waals surface area contributed by atoms with E-state index in [-0.39, 0.29) is 12.5 Å². The number of rotatable bonds is 6. The van der Waals surface area contributed by atoms with Crippen LogP contribution in [0.2, 0.25) is 0 Å². The molecule has 0 radical (unpaired) electrons. The zero-order chi connectivity index (χ0) is 18.5. The minimum absolute atomic E-state index is 0.139. The summed E-state index contributed by atoms with van der Waals surface area (Å²) in [4.78, 5) is 22.8. The van der Waals surface area contributed by atoms with Crippen molar-refractivity contribution in [1.82, 2.24) is 9.97 Å². The lowest BCUT2D eigenvalue weighted by atomic mass is 10.2. The van der Waals surface area contributed by atoms with Crippen LogP contribution in [-0.4, -0.2) is 43.7 Å². The second-order valence-corrected chi connectivity index (χ2v) is 5.72. The Labute approximate surface area is 151 Å². The minimum atomic E-state index is -0.175. The van der Waals surface area contributed by atoms with Gasteiger partial charge >= 0.3 is 0 Å². The van der Waals surface area contributed by atoms with Gasteiger partial charge in [0.15, 0.2) is 0 Å². The fourth-order valence-electron chi connectivity index (χ4n) is 2.67. The number of hydrogen-bond acceptors (Lipinski definition) is 6. The summed E-state index contributed by atoms with van der Waals surface area (Å²) in [6.45, 7) is 0.139. The van der Waals surface area contributed by atoms with Crippen molar-refractivity contribution < 1.29 is 14.3 Å². The maximum Gasteiger partial charge on any atom is 0.243 e. The standard InChI is InChI=1S/C19H20N4O3/c1-23(19-16-6-4-5-7-17(16)20-12-21-19)11-18(24)22-13-8-14(25-2)10-15(9-13)26-3/h4-10,12H,11H2,1-3H3,(H,22,24). The van der Waals surface area contributed by atoms with Gasteiger partial charge in [-0.05, 0) is 12.1 Å². The molecule has 3 rings (SSSR count). The van der Waals surface area contributed by atoms with E-state index in [1.54, 1.807) is 37.3 Å². The number of para-hydroxylation sites is 1. The highest BCUT2D eigenvalue weighted by Gasteiger charge is 2.13. The first-order valence-electron chi connectivity index (χ1n) is 8.04. The smallest absolute Gasteiger partial charge is 0.243 e. The molecule has 134 valence electrons. The van der Waals surface area contributed by atoms with Gasteiger partial charge in [-0.3, -0.25) is 4.79 Å². The van der Waals surface area contributed by atoms with E-state index in [9.17, 15) is 4.79 Å². The average molecular weight is 352 g/mol. The zero-order valence-corrected chi connectivity index (χ0v) is 14.9. The van der Waals surface area contributed by atoms with Gasteiger partial charge in [0.1, 0.15) is 23.6 Å². The van der Waals surface area contributed by atoms with Crippen LogP contribution in [0.4, 0.5) is 11.5 Å². The quantitative estimate of drug-likeness (QED) is 0.735. The maximum absolute atomic E-state index is 12.5. The van der Waals surface area contributed by atoms with Crippen molar-refractivity contribution in [3.8, 4) is 11.5 Å². The van der Waals surface area contributed by atoms with Crippen LogP contribution < -0.4 is 19.7 Å². The first-order chi connectivity index (χ1) is 12.6. The molecule has 1 heterocycles. The van der Waals surface area contributed by atoms with E-state index in [2.05, 4.69) is 15.3 Å². The van der Waals surface area contributed by atoms with Crippen molar-refractivity contribution in [3.63, 3.8) is 0 Å². The Bertz CT molecular complexity index is 902. The van der Waals surface area contributed by atoms with Crippen LogP contribution in [0.1, 0.15) is 0 Å². The predicted octanol–water partition coefficient (Wildman–Crippen LogP) is 2.72. The normalized spacial score (nSPS) is 10.4. The van der Waals surface area contributed by atoms with Crippen LogP contribution in [0.3, 0.4) is 0 Å². The number of nitrogens with one attached hydrogen (secondary N) is 1. The molecule has 0 unspecified atom stereocenters. The molecule has 0 aliphatic heterocycles. The minimum Gasteiger partial charge on any atom is -0.497 e. The number of aromatic nitrogens is 2. The molecule has 0 bridgehead atoms. The van der Waals surface area contributed by atoms with Crippen LogP contribution in [0.15, 0.2) is 48.8 Å². The SMILES string of the molecule is COc1cc(NC(=O)CN(C)c2ncnc3ccccc23)cc(OC)c1. The Kier molecular flexibility index (Phi) is 5.17. The number of carbonyl (C=O) groups excluding carboxylic acids is 1. The van der Waals surface area contributed by atoms with Crippen LogP contribution >= 0.6 is 0 Å². The van der Waals surface area contributed by atoms with E-state index in [4.69, 9.17) is 9.47 Å². The molecule has 26 heavy (non-hydrogen) atoms. The molecule has 0 fully saturated rings. The first kappa shape index (κ1) is 17.5. The average Bonchev–Trinajstić information content (AvgIpc) is 2.66. The number of hydrogen-bond donors (Lipinski definition) is 1. The second-order valence-electron chi connectivity index (χ2n) is 5.72. The highest BCUT2D eigenvalue weighted by molar-refractivity contribution is 5.96. The third kappa shape index (κ3) is 3.83. The van der Waals surface area contributed by atoms with Gasteiger partial charge in [-0.1, -0.05) is 12.1 Å². The second kappa shape index (κ2) is 7.69. The summed E-state index contributed by atoms with van der Waals surface area (Å²) < 4.78 is 10.4. The van der Waals surface area contributed by atoms with Crippen LogP contribution in [-0.2, 0) is 4.79 Å². The molecule has 0 aliphatic carbocycles. The Balaban J connectivity index is 1.75. The van der Waals surface area contributed by atoms with Crippen LogP contribution in [0.5, 0.6) is 11.5 Å². The number of likely N-dealkylation sites (N-methyl/N-ethyl adjacent to an activating group) is 1. The van der Waals surface area contributed by atoms with Gasteiger partial charge in [0, 0.05) is 36.3 Å². The molecule has 7 nitrogen and oxygen atoms in total. The summed E-state index contributed by atoms with van der Waals surface area (Å²) in [5, 5.41) is 3.75. The molecule has 1 N–H and O–H groups in total. The largest absolute Gasteiger partial charge is 0.497 e. The Morgan fingerprint density at radius 2 is 1.77 bits per heavy atom. The molecule has 0 spiro atoms. The topological polar surface area (TPSA) is 76.6 Å². The van der Waals surface area contributed by atoms with Gasteiger partial charge in [-0.15, -0.1) is 0 Å². The maximum atomic E-state index is 12.5. The number of benzene rings is 2. The lowest BCUT2D eigenvalue weighted by molar-refractivity contribution is -0.114. The van der Waals surface area contributed by atoms with Crippen molar-refractivity contribution >= 4 is 28.3 Å². The van der Waals surface area contributed by atoms with Crippen molar-refractivity contribution in [2.24, 2.45) is 0 Å². The number of methoxy groups -OCH3 is 2. The Morgan fingerprint density at radius 1 is 1.08 bits per heavy atom. The molecule has 3 aromatic rings. The molecular formula is C19H20N4O3. The van der Waals surface area contributed by atoms with E-state index < -0.39 is 0 Å². The van der Waals surface area contributed by atoms with E-state index in [1.165, 1.54) is 6.33 Å². The number of nitrogens with zero attached hydrogens (tertiary/aromatic N) is 3. The Morgan fingerprint density at radius 3 is 2.46 bits per heavy atom. The molecule has 2 aromatic carbocycles. The highest BCUT2D eigenvalue weighted by Crippen LogP contribution is 2.26. The monoisotopic (exact) mass is 352 g/mol. The molecule has 0 aliphatic rings. The van der Waals surface area contributed by atoms with Gasteiger partial charge in [-0.2, -0.15) is 0 Å². The summed E-state index contributed by atoms with van der Waals surface area (Å²) in [6.07, 6.45) is 1.50. The summed E-state index contributed by atoms with van der Waals surface area (Å²) in [6, 6.07) is 12.9. The molecule has 7 heteroatoms. The van der Waals surface area contributed by atoms with Gasteiger partial charge in [0.2, 0.25) is 5.91 Å². The predicted molar refractivity (Wildman–Crippen MR) is 101 cm³/mol. The number of fused-ring (bicyclic) bond motifs is 1. The number of anilines is 2. The molecular weight excluding hydrogens is 332 g/mol. The van der Waals surface area contributed by atoms with Gasteiger partial charge < -0.3 is 19.7 Å².